The number of rotatable bonds is 6. The van der Waals surface area contributed by atoms with E-state index in [4.69, 9.17) is 16.6 Å². The summed E-state index contributed by atoms with van der Waals surface area (Å²) < 4.78 is 2.21. The van der Waals surface area contributed by atoms with Gasteiger partial charge in [-0.1, -0.05) is 62.3 Å². The molecule has 0 spiro atoms. The molecule has 1 saturated carbocycles. The van der Waals surface area contributed by atoms with Crippen LogP contribution in [-0.2, 0) is 6.54 Å². The molecule has 0 atom stereocenters. The van der Waals surface area contributed by atoms with Crippen molar-refractivity contribution >= 4 is 17.5 Å². The van der Waals surface area contributed by atoms with Crippen LogP contribution in [0.3, 0.4) is 0 Å². The number of benzene rings is 1. The van der Waals surface area contributed by atoms with Crippen molar-refractivity contribution in [2.45, 2.75) is 71.3 Å². The zero-order valence-corrected chi connectivity index (χ0v) is 18.8. The molecule has 6 heteroatoms. The van der Waals surface area contributed by atoms with Crippen molar-refractivity contribution in [3.8, 4) is 11.4 Å². The van der Waals surface area contributed by atoms with Gasteiger partial charge in [-0.2, -0.15) is 0 Å². The van der Waals surface area contributed by atoms with Crippen molar-refractivity contribution in [3.05, 3.63) is 40.7 Å². The van der Waals surface area contributed by atoms with Crippen molar-refractivity contribution in [2.24, 2.45) is 5.92 Å². The fourth-order valence-electron chi connectivity index (χ4n) is 4.86. The number of aromatic nitrogens is 2. The topological polar surface area (TPSA) is 50.2 Å². The predicted octanol–water partition coefficient (Wildman–Crippen LogP) is 5.61. The van der Waals surface area contributed by atoms with Gasteiger partial charge < -0.3 is 4.57 Å². The second-order valence-corrected chi connectivity index (χ2v) is 9.19. The lowest BCUT2D eigenvalue weighted by molar-refractivity contribution is 0.0744. The van der Waals surface area contributed by atoms with Crippen LogP contribution in [0.25, 0.3) is 11.4 Å². The first-order chi connectivity index (χ1) is 14.6. The Morgan fingerprint density at radius 1 is 1.10 bits per heavy atom. The fourth-order valence-corrected chi connectivity index (χ4v) is 5.08. The van der Waals surface area contributed by atoms with Crippen molar-refractivity contribution in [1.82, 2.24) is 20.0 Å². The Morgan fingerprint density at radius 3 is 2.53 bits per heavy atom. The van der Waals surface area contributed by atoms with Gasteiger partial charge in [0, 0.05) is 30.9 Å². The molecule has 0 radical (unpaired) electrons. The van der Waals surface area contributed by atoms with Crippen LogP contribution < -0.4 is 5.43 Å². The highest BCUT2D eigenvalue weighted by Gasteiger charge is 2.24. The SMILES string of the molecule is Cc1c(C(=O)NN2CCCCC2)nc(-c2ccccc2Cl)n1CCC1CCCCC1. The van der Waals surface area contributed by atoms with Crippen molar-refractivity contribution in [1.29, 1.82) is 0 Å². The molecule has 1 aromatic heterocycles. The summed E-state index contributed by atoms with van der Waals surface area (Å²) in [5.74, 6) is 1.46. The number of amides is 1. The van der Waals surface area contributed by atoms with Gasteiger partial charge in [0.2, 0.25) is 0 Å². The number of carbonyl (C=O) groups is 1. The van der Waals surface area contributed by atoms with Gasteiger partial charge in [-0.05, 0) is 44.2 Å². The lowest BCUT2D eigenvalue weighted by Crippen LogP contribution is -2.45. The minimum absolute atomic E-state index is 0.112. The monoisotopic (exact) mass is 428 g/mol. The Hall–Kier alpha value is -1.85. The van der Waals surface area contributed by atoms with E-state index >= 15 is 0 Å². The summed E-state index contributed by atoms with van der Waals surface area (Å²) in [6.45, 7) is 4.70. The van der Waals surface area contributed by atoms with E-state index in [2.05, 4.69) is 9.99 Å². The smallest absolute Gasteiger partial charge is 0.286 e. The van der Waals surface area contributed by atoms with Crippen LogP contribution in [0.4, 0.5) is 0 Å². The maximum absolute atomic E-state index is 13.1. The molecule has 162 valence electrons. The Labute approximate surface area is 184 Å². The zero-order valence-electron chi connectivity index (χ0n) is 18.0. The fraction of sp³-hybridized carbons (Fsp3) is 0.583. The molecule has 30 heavy (non-hydrogen) atoms. The molecular weight excluding hydrogens is 396 g/mol. The largest absolute Gasteiger partial charge is 0.327 e. The molecule has 1 aliphatic carbocycles. The molecule has 1 amide bonds. The molecule has 0 unspecified atom stereocenters. The Kier molecular flexibility index (Phi) is 7.11. The van der Waals surface area contributed by atoms with Gasteiger partial charge in [0.05, 0.1) is 5.02 Å². The second kappa shape index (κ2) is 9.97. The highest BCUT2D eigenvalue weighted by molar-refractivity contribution is 6.33. The van der Waals surface area contributed by atoms with Crippen molar-refractivity contribution < 1.29 is 4.79 Å². The van der Waals surface area contributed by atoms with Crippen molar-refractivity contribution in [2.75, 3.05) is 13.1 Å². The number of hydrazine groups is 1. The lowest BCUT2D eigenvalue weighted by Gasteiger charge is -2.26. The highest BCUT2D eigenvalue weighted by Crippen LogP contribution is 2.31. The Bertz CT molecular complexity index is 866. The number of piperidine rings is 1. The third kappa shape index (κ3) is 4.89. The van der Waals surface area contributed by atoms with Crippen LogP contribution in [-0.4, -0.2) is 33.6 Å². The zero-order chi connectivity index (χ0) is 20.9. The van der Waals surface area contributed by atoms with Crippen LogP contribution in [0, 0.1) is 12.8 Å². The van der Waals surface area contributed by atoms with Gasteiger partial charge in [0.15, 0.2) is 5.69 Å². The van der Waals surface area contributed by atoms with E-state index in [0.717, 1.165) is 61.9 Å². The van der Waals surface area contributed by atoms with Gasteiger partial charge in [0.25, 0.3) is 5.91 Å². The quantitative estimate of drug-likeness (QED) is 0.650. The Morgan fingerprint density at radius 2 is 1.80 bits per heavy atom. The van der Waals surface area contributed by atoms with Crippen molar-refractivity contribution in [3.63, 3.8) is 0 Å². The molecule has 1 N–H and O–H groups in total. The lowest BCUT2D eigenvalue weighted by atomic mass is 9.87. The van der Waals surface area contributed by atoms with E-state index in [-0.39, 0.29) is 5.91 Å². The van der Waals surface area contributed by atoms with E-state index in [1.165, 1.54) is 38.5 Å². The first kappa shape index (κ1) is 21.4. The van der Waals surface area contributed by atoms with Gasteiger partial charge >= 0.3 is 0 Å². The van der Waals surface area contributed by atoms with Crippen LogP contribution in [0.2, 0.25) is 5.02 Å². The van der Waals surface area contributed by atoms with Gasteiger partial charge in [-0.15, -0.1) is 0 Å². The summed E-state index contributed by atoms with van der Waals surface area (Å²) >= 11 is 6.51. The van der Waals surface area contributed by atoms with E-state index < -0.39 is 0 Å². The molecular formula is C24H33ClN4O. The van der Waals surface area contributed by atoms with Crippen LogP contribution in [0.5, 0.6) is 0 Å². The number of hydrogen-bond donors (Lipinski definition) is 1. The van der Waals surface area contributed by atoms with Gasteiger partial charge in [-0.25, -0.2) is 9.99 Å². The third-order valence-electron chi connectivity index (χ3n) is 6.65. The molecule has 2 aromatic rings. The van der Waals surface area contributed by atoms with Crippen LogP contribution >= 0.6 is 11.6 Å². The number of carbonyl (C=O) groups excluding carboxylic acids is 1. The van der Waals surface area contributed by atoms with Crippen LogP contribution in [0.1, 0.15) is 74.0 Å². The summed E-state index contributed by atoms with van der Waals surface area (Å²) in [6.07, 6.45) is 11.3. The van der Waals surface area contributed by atoms with E-state index in [1.807, 2.05) is 36.2 Å². The van der Waals surface area contributed by atoms with Gasteiger partial charge in [-0.3, -0.25) is 10.2 Å². The average Bonchev–Trinajstić information content (AvgIpc) is 3.10. The standard InChI is InChI=1S/C24H33ClN4O/c1-18-22(24(30)27-28-15-8-3-9-16-28)26-23(20-12-6-7-13-21(20)25)29(18)17-14-19-10-4-2-5-11-19/h6-7,12-13,19H,2-5,8-11,14-17H2,1H3,(H,27,30). The third-order valence-corrected chi connectivity index (χ3v) is 6.98. The molecule has 1 saturated heterocycles. The Balaban J connectivity index is 1.60. The number of halogens is 1. The number of imidazole rings is 1. The predicted molar refractivity (Wildman–Crippen MR) is 121 cm³/mol. The maximum atomic E-state index is 13.1. The molecule has 2 fully saturated rings. The molecule has 1 aromatic carbocycles. The number of nitrogens with zero attached hydrogens (tertiary/aromatic N) is 3. The summed E-state index contributed by atoms with van der Waals surface area (Å²) in [4.78, 5) is 17.9. The molecule has 2 heterocycles. The van der Waals surface area contributed by atoms with Crippen LogP contribution in [0.15, 0.2) is 24.3 Å². The molecule has 4 rings (SSSR count). The summed E-state index contributed by atoms with van der Waals surface area (Å²) in [6, 6.07) is 7.79. The highest BCUT2D eigenvalue weighted by atomic mass is 35.5. The summed E-state index contributed by atoms with van der Waals surface area (Å²) in [5, 5.41) is 2.70. The van der Waals surface area contributed by atoms with Gasteiger partial charge in [0.1, 0.15) is 5.82 Å². The van der Waals surface area contributed by atoms with E-state index in [1.54, 1.807) is 0 Å². The molecule has 2 aliphatic rings. The van der Waals surface area contributed by atoms with E-state index in [9.17, 15) is 4.79 Å². The van der Waals surface area contributed by atoms with E-state index in [0.29, 0.717) is 10.7 Å². The summed E-state index contributed by atoms with van der Waals surface area (Å²) in [7, 11) is 0. The minimum atomic E-state index is -0.112. The minimum Gasteiger partial charge on any atom is -0.327 e. The number of hydrogen-bond acceptors (Lipinski definition) is 3. The molecule has 0 bridgehead atoms. The first-order valence-corrected chi connectivity index (χ1v) is 11.9. The number of nitrogens with one attached hydrogen (secondary N) is 1. The second-order valence-electron chi connectivity index (χ2n) is 8.78. The molecule has 5 nitrogen and oxygen atoms in total. The normalized spacial score (nSPS) is 18.5. The average molecular weight is 429 g/mol. The first-order valence-electron chi connectivity index (χ1n) is 11.5. The summed E-state index contributed by atoms with van der Waals surface area (Å²) in [5.41, 5.74) is 5.40. The molecule has 1 aliphatic heterocycles. The maximum Gasteiger partial charge on any atom is 0.286 e.